The lowest BCUT2D eigenvalue weighted by Crippen LogP contribution is -2.14. The van der Waals surface area contributed by atoms with Gasteiger partial charge in [-0.3, -0.25) is 0 Å². The van der Waals surface area contributed by atoms with Crippen molar-refractivity contribution in [1.82, 2.24) is 19.5 Å². The Labute approximate surface area is 340 Å². The normalized spacial score (nSPS) is 13.1. The van der Waals surface area contributed by atoms with Crippen LogP contribution in [0.3, 0.4) is 0 Å². The second-order valence-electron chi connectivity index (χ2n) is 16.0. The highest BCUT2D eigenvalue weighted by Crippen LogP contribution is 2.51. The summed E-state index contributed by atoms with van der Waals surface area (Å²) in [5.41, 5.74) is 15.3. The fourth-order valence-electron chi connectivity index (χ4n) is 9.36. The monoisotopic (exact) mass is 756 g/mol. The maximum Gasteiger partial charge on any atom is 0.164 e. The molecule has 278 valence electrons. The first-order valence-electron chi connectivity index (χ1n) is 20.1. The molecule has 5 heteroatoms. The van der Waals surface area contributed by atoms with Gasteiger partial charge in [0.15, 0.2) is 17.5 Å². The summed E-state index contributed by atoms with van der Waals surface area (Å²) in [6.45, 7) is 4.70. The molecule has 3 aromatic heterocycles. The third-order valence-electron chi connectivity index (χ3n) is 12.2. The molecule has 8 aromatic carbocycles. The van der Waals surface area contributed by atoms with Crippen molar-refractivity contribution in [3.05, 3.63) is 193 Å². The van der Waals surface area contributed by atoms with E-state index in [9.17, 15) is 0 Å². The van der Waals surface area contributed by atoms with Gasteiger partial charge in [-0.2, -0.15) is 0 Å². The molecule has 0 bridgehead atoms. The van der Waals surface area contributed by atoms with Crippen molar-refractivity contribution in [2.75, 3.05) is 0 Å². The molecule has 11 aromatic rings. The van der Waals surface area contributed by atoms with E-state index in [4.69, 9.17) is 19.4 Å². The van der Waals surface area contributed by atoms with Gasteiger partial charge in [0.1, 0.15) is 11.2 Å². The van der Waals surface area contributed by atoms with Gasteiger partial charge in [0.2, 0.25) is 0 Å². The maximum absolute atomic E-state index is 6.76. The molecule has 0 N–H and O–H groups in total. The molecule has 5 nitrogen and oxygen atoms in total. The van der Waals surface area contributed by atoms with Gasteiger partial charge in [-0.1, -0.05) is 153 Å². The van der Waals surface area contributed by atoms with Gasteiger partial charge in [-0.15, -0.1) is 0 Å². The lowest BCUT2D eigenvalue weighted by atomic mass is 9.82. The van der Waals surface area contributed by atoms with Gasteiger partial charge in [0.25, 0.3) is 0 Å². The van der Waals surface area contributed by atoms with E-state index in [1.54, 1.807) is 0 Å². The number of furan rings is 1. The van der Waals surface area contributed by atoms with E-state index in [-0.39, 0.29) is 5.41 Å². The standard InChI is InChI=1S/C54H36N4O/c1-54(2)45-25-11-9-21-39(45)42-31-43-40-22-10-12-26-47(40)58(48(43)32-46(42)54)37-27-28-49-44(30-37)41-24-14-23-38(50(41)59-49)35-19-13-20-36(29-35)53-56-51(33-15-5-3-6-16-33)55-52(57-53)34-17-7-4-8-18-34/h3-32H,1-2H3. The van der Waals surface area contributed by atoms with Crippen LogP contribution in [0.2, 0.25) is 0 Å². The predicted octanol–water partition coefficient (Wildman–Crippen LogP) is 13.8. The average Bonchev–Trinajstić information content (AvgIpc) is 3.91. The van der Waals surface area contributed by atoms with E-state index in [2.05, 4.69) is 140 Å². The van der Waals surface area contributed by atoms with Gasteiger partial charge in [-0.25, -0.2) is 15.0 Å². The maximum atomic E-state index is 6.76. The van der Waals surface area contributed by atoms with Gasteiger partial charge in [-0.05, 0) is 70.3 Å². The number of benzene rings is 8. The second kappa shape index (κ2) is 12.7. The molecule has 1 aliphatic rings. The Morgan fingerprint density at radius 3 is 1.80 bits per heavy atom. The van der Waals surface area contributed by atoms with Crippen LogP contribution in [-0.4, -0.2) is 19.5 Å². The predicted molar refractivity (Wildman–Crippen MR) is 241 cm³/mol. The van der Waals surface area contributed by atoms with Crippen LogP contribution in [0.4, 0.5) is 0 Å². The number of nitrogens with zero attached hydrogens (tertiary/aromatic N) is 4. The lowest BCUT2D eigenvalue weighted by Gasteiger charge is -2.21. The van der Waals surface area contributed by atoms with Crippen molar-refractivity contribution in [1.29, 1.82) is 0 Å². The zero-order valence-corrected chi connectivity index (χ0v) is 32.5. The molecule has 0 saturated carbocycles. The quantitative estimate of drug-likeness (QED) is 0.175. The van der Waals surface area contributed by atoms with Crippen molar-refractivity contribution >= 4 is 43.7 Å². The van der Waals surface area contributed by atoms with Crippen LogP contribution in [0.15, 0.2) is 186 Å². The molecule has 0 fully saturated rings. The van der Waals surface area contributed by atoms with E-state index in [1.807, 2.05) is 60.7 Å². The number of para-hydroxylation sites is 2. The van der Waals surface area contributed by atoms with Gasteiger partial charge < -0.3 is 8.98 Å². The highest BCUT2D eigenvalue weighted by Gasteiger charge is 2.36. The van der Waals surface area contributed by atoms with Crippen LogP contribution in [0, 0.1) is 0 Å². The minimum absolute atomic E-state index is 0.0995. The van der Waals surface area contributed by atoms with Crippen molar-refractivity contribution in [2.45, 2.75) is 19.3 Å². The number of fused-ring (bicyclic) bond motifs is 9. The zero-order valence-electron chi connectivity index (χ0n) is 32.5. The topological polar surface area (TPSA) is 56.7 Å². The van der Waals surface area contributed by atoms with Crippen LogP contribution >= 0.6 is 0 Å². The van der Waals surface area contributed by atoms with Crippen molar-refractivity contribution in [2.24, 2.45) is 0 Å². The van der Waals surface area contributed by atoms with E-state index in [0.29, 0.717) is 17.5 Å². The first-order valence-corrected chi connectivity index (χ1v) is 20.1. The van der Waals surface area contributed by atoms with Crippen LogP contribution in [0.25, 0.3) is 106 Å². The fraction of sp³-hybridized carbons (Fsp3) is 0.0556. The zero-order chi connectivity index (χ0) is 39.2. The summed E-state index contributed by atoms with van der Waals surface area (Å²) in [6.07, 6.45) is 0. The fourth-order valence-corrected chi connectivity index (χ4v) is 9.36. The van der Waals surface area contributed by atoms with E-state index in [0.717, 1.165) is 55.4 Å². The average molecular weight is 757 g/mol. The summed E-state index contributed by atoms with van der Waals surface area (Å²) >= 11 is 0. The molecule has 0 radical (unpaired) electrons. The smallest absolute Gasteiger partial charge is 0.164 e. The summed E-state index contributed by atoms with van der Waals surface area (Å²) in [4.78, 5) is 14.9. The van der Waals surface area contributed by atoms with E-state index >= 15 is 0 Å². The lowest BCUT2D eigenvalue weighted by molar-refractivity contribution is 0.661. The molecule has 12 rings (SSSR count). The summed E-state index contributed by atoms with van der Waals surface area (Å²) in [7, 11) is 0. The molecular weight excluding hydrogens is 721 g/mol. The largest absolute Gasteiger partial charge is 0.455 e. The highest BCUT2D eigenvalue weighted by molar-refractivity contribution is 6.13. The van der Waals surface area contributed by atoms with Crippen molar-refractivity contribution < 1.29 is 4.42 Å². The molecule has 0 atom stereocenters. The number of hydrogen-bond acceptors (Lipinski definition) is 4. The number of aromatic nitrogens is 4. The Kier molecular flexibility index (Phi) is 7.20. The van der Waals surface area contributed by atoms with Crippen LogP contribution in [0.5, 0.6) is 0 Å². The molecule has 3 heterocycles. The SMILES string of the molecule is CC1(C)c2ccccc2-c2cc3c4ccccc4n(-c4ccc5oc6c(-c7cccc(-c8nc(-c9ccccc9)nc(-c9ccccc9)n8)c7)cccc6c5c4)c3cc21. The summed E-state index contributed by atoms with van der Waals surface area (Å²) in [5.74, 6) is 1.89. The first-order chi connectivity index (χ1) is 29.0. The van der Waals surface area contributed by atoms with E-state index in [1.165, 1.54) is 44.1 Å². The van der Waals surface area contributed by atoms with Gasteiger partial charge >= 0.3 is 0 Å². The Morgan fingerprint density at radius 2 is 1.02 bits per heavy atom. The second-order valence-corrected chi connectivity index (χ2v) is 16.0. The Morgan fingerprint density at radius 1 is 0.407 bits per heavy atom. The molecule has 0 spiro atoms. The summed E-state index contributed by atoms with van der Waals surface area (Å²) in [5, 5.41) is 4.65. The van der Waals surface area contributed by atoms with Crippen molar-refractivity contribution in [3.8, 4) is 62.1 Å². The van der Waals surface area contributed by atoms with Crippen molar-refractivity contribution in [3.63, 3.8) is 0 Å². The molecule has 0 aliphatic heterocycles. The molecule has 1 aliphatic carbocycles. The first kappa shape index (κ1) is 33.5. The van der Waals surface area contributed by atoms with Crippen LogP contribution in [-0.2, 0) is 5.41 Å². The van der Waals surface area contributed by atoms with E-state index < -0.39 is 0 Å². The minimum Gasteiger partial charge on any atom is -0.455 e. The third-order valence-corrected chi connectivity index (χ3v) is 12.2. The Hall–Kier alpha value is -7.63. The molecule has 0 amide bonds. The highest BCUT2D eigenvalue weighted by atomic mass is 16.3. The summed E-state index contributed by atoms with van der Waals surface area (Å²) in [6, 6.07) is 64.1. The van der Waals surface area contributed by atoms with Gasteiger partial charge in [0, 0.05) is 54.9 Å². The molecular formula is C54H36N4O. The van der Waals surface area contributed by atoms with Gasteiger partial charge in [0.05, 0.1) is 11.0 Å². The third kappa shape index (κ3) is 5.14. The Bertz CT molecular complexity index is 3410. The number of rotatable bonds is 5. The minimum atomic E-state index is -0.0995. The molecule has 0 saturated heterocycles. The summed E-state index contributed by atoms with van der Waals surface area (Å²) < 4.78 is 9.19. The van der Waals surface area contributed by atoms with Crippen LogP contribution < -0.4 is 0 Å². The Balaban J connectivity index is 0.996. The van der Waals surface area contributed by atoms with Crippen LogP contribution in [0.1, 0.15) is 25.0 Å². The number of hydrogen-bond donors (Lipinski definition) is 0. The molecule has 0 unspecified atom stereocenters. The molecule has 59 heavy (non-hydrogen) atoms.